The second-order valence-corrected chi connectivity index (χ2v) is 6.53. The van der Waals surface area contributed by atoms with Gasteiger partial charge in [0, 0.05) is 24.6 Å². The summed E-state index contributed by atoms with van der Waals surface area (Å²) in [5, 5.41) is 3.21. The molecular formula is C14H20N4O2S. The summed E-state index contributed by atoms with van der Waals surface area (Å²) < 4.78 is 28.3. The second-order valence-electron chi connectivity index (χ2n) is 4.67. The van der Waals surface area contributed by atoms with E-state index in [4.69, 9.17) is 0 Å². The number of aromatic nitrogens is 2. The third kappa shape index (κ3) is 3.43. The van der Waals surface area contributed by atoms with E-state index in [0.717, 1.165) is 18.1 Å². The van der Waals surface area contributed by atoms with E-state index in [9.17, 15) is 8.42 Å². The number of rotatable bonds is 6. The van der Waals surface area contributed by atoms with Crippen molar-refractivity contribution in [3.05, 3.63) is 42.0 Å². The summed E-state index contributed by atoms with van der Waals surface area (Å²) in [6, 6.07) is 5.29. The highest BCUT2D eigenvalue weighted by molar-refractivity contribution is 7.89. The fourth-order valence-electron chi connectivity index (χ4n) is 2.09. The minimum absolute atomic E-state index is 0.286. The Balaban J connectivity index is 2.20. The molecule has 21 heavy (non-hydrogen) atoms. The summed E-state index contributed by atoms with van der Waals surface area (Å²) in [4.78, 5) is 4.56. The average Bonchev–Trinajstić information content (AvgIpc) is 2.93. The van der Waals surface area contributed by atoms with Crippen molar-refractivity contribution < 1.29 is 8.42 Å². The Morgan fingerprint density at radius 3 is 2.76 bits per heavy atom. The molecule has 0 aliphatic rings. The summed E-state index contributed by atoms with van der Waals surface area (Å²) in [6.07, 6.45) is 3.68. The third-order valence-electron chi connectivity index (χ3n) is 3.34. The topological polar surface area (TPSA) is 76.0 Å². The van der Waals surface area contributed by atoms with Gasteiger partial charge in [-0.2, -0.15) is 0 Å². The van der Waals surface area contributed by atoms with Crippen molar-refractivity contribution in [2.75, 3.05) is 12.4 Å². The molecule has 2 rings (SSSR count). The fraction of sp³-hybridized carbons (Fsp3) is 0.357. The highest BCUT2D eigenvalue weighted by Crippen LogP contribution is 2.20. The maximum absolute atomic E-state index is 12.0. The van der Waals surface area contributed by atoms with Gasteiger partial charge in [-0.05, 0) is 38.6 Å². The zero-order valence-electron chi connectivity index (χ0n) is 12.4. The summed E-state index contributed by atoms with van der Waals surface area (Å²) in [5.74, 6) is 0.913. The molecule has 0 unspecified atom stereocenters. The van der Waals surface area contributed by atoms with Crippen LogP contribution in [-0.4, -0.2) is 25.0 Å². The summed E-state index contributed by atoms with van der Waals surface area (Å²) in [6.45, 7) is 5.22. The maximum atomic E-state index is 12.0. The highest BCUT2D eigenvalue weighted by atomic mass is 32.2. The lowest BCUT2D eigenvalue weighted by Crippen LogP contribution is -2.19. The molecule has 0 spiro atoms. The molecule has 0 radical (unpaired) electrons. The van der Waals surface area contributed by atoms with Crippen LogP contribution in [0.15, 0.2) is 35.5 Å². The molecular weight excluding hydrogens is 288 g/mol. The van der Waals surface area contributed by atoms with E-state index in [1.165, 1.54) is 7.05 Å². The summed E-state index contributed by atoms with van der Waals surface area (Å²) in [7, 11) is -2.04. The number of nitrogens with one attached hydrogen (secondary N) is 2. The van der Waals surface area contributed by atoms with Gasteiger partial charge in [0.25, 0.3) is 0 Å². The van der Waals surface area contributed by atoms with E-state index in [1.807, 2.05) is 16.8 Å². The number of sulfonamides is 1. The number of imidazole rings is 1. The zero-order chi connectivity index (χ0) is 15.5. The van der Waals surface area contributed by atoms with E-state index in [-0.39, 0.29) is 4.90 Å². The van der Waals surface area contributed by atoms with Crippen molar-refractivity contribution in [1.82, 2.24) is 14.3 Å². The third-order valence-corrected chi connectivity index (χ3v) is 4.90. The SMILES string of the molecule is CCn1ccnc1CNc1ccc(C)c(S(=O)(=O)NC)c1. The van der Waals surface area contributed by atoms with Crippen LogP contribution in [-0.2, 0) is 23.1 Å². The largest absolute Gasteiger partial charge is 0.378 e. The molecule has 1 aromatic carbocycles. The number of hydrogen-bond donors (Lipinski definition) is 2. The minimum atomic E-state index is -3.45. The van der Waals surface area contributed by atoms with Crippen molar-refractivity contribution in [3.8, 4) is 0 Å². The first kappa shape index (κ1) is 15.5. The zero-order valence-corrected chi connectivity index (χ0v) is 13.2. The van der Waals surface area contributed by atoms with Crippen molar-refractivity contribution in [1.29, 1.82) is 0 Å². The minimum Gasteiger partial charge on any atom is -0.378 e. The monoisotopic (exact) mass is 308 g/mol. The van der Waals surface area contributed by atoms with Crippen LogP contribution >= 0.6 is 0 Å². The van der Waals surface area contributed by atoms with Crippen LogP contribution in [0.25, 0.3) is 0 Å². The summed E-state index contributed by atoms with van der Waals surface area (Å²) >= 11 is 0. The van der Waals surface area contributed by atoms with Gasteiger partial charge in [-0.3, -0.25) is 0 Å². The molecule has 0 aliphatic heterocycles. The Bertz CT molecular complexity index is 722. The fourth-order valence-corrected chi connectivity index (χ4v) is 3.08. The van der Waals surface area contributed by atoms with E-state index in [0.29, 0.717) is 12.1 Å². The van der Waals surface area contributed by atoms with Gasteiger partial charge in [0.15, 0.2) is 0 Å². The van der Waals surface area contributed by atoms with Gasteiger partial charge in [0.2, 0.25) is 10.0 Å². The van der Waals surface area contributed by atoms with Crippen LogP contribution in [0.5, 0.6) is 0 Å². The van der Waals surface area contributed by atoms with Crippen molar-refractivity contribution in [3.63, 3.8) is 0 Å². The van der Waals surface area contributed by atoms with E-state index < -0.39 is 10.0 Å². The molecule has 2 aromatic rings. The number of nitrogens with zero attached hydrogens (tertiary/aromatic N) is 2. The number of benzene rings is 1. The molecule has 1 aromatic heterocycles. The average molecular weight is 308 g/mol. The van der Waals surface area contributed by atoms with Crippen LogP contribution in [0.2, 0.25) is 0 Å². The van der Waals surface area contributed by atoms with Crippen LogP contribution in [0.3, 0.4) is 0 Å². The first-order valence-electron chi connectivity index (χ1n) is 6.76. The predicted octanol–water partition coefficient (Wildman–Crippen LogP) is 1.73. The molecule has 0 saturated heterocycles. The van der Waals surface area contributed by atoms with Gasteiger partial charge in [0.05, 0.1) is 11.4 Å². The van der Waals surface area contributed by atoms with Crippen molar-refractivity contribution in [2.45, 2.75) is 31.8 Å². The predicted molar refractivity (Wildman–Crippen MR) is 82.7 cm³/mol. The first-order chi connectivity index (χ1) is 9.97. The molecule has 6 nitrogen and oxygen atoms in total. The number of aryl methyl sites for hydroxylation is 2. The van der Waals surface area contributed by atoms with Crippen molar-refractivity contribution in [2.24, 2.45) is 0 Å². The first-order valence-corrected chi connectivity index (χ1v) is 8.24. The normalized spacial score (nSPS) is 11.6. The second kappa shape index (κ2) is 6.28. The Kier molecular flexibility index (Phi) is 4.64. The Labute approximate surface area is 125 Å². The van der Waals surface area contributed by atoms with Crippen LogP contribution in [0.4, 0.5) is 5.69 Å². The number of hydrogen-bond acceptors (Lipinski definition) is 4. The van der Waals surface area contributed by atoms with Crippen LogP contribution < -0.4 is 10.0 Å². The molecule has 0 aliphatic carbocycles. The molecule has 114 valence electrons. The standard InChI is InChI=1S/C14H20N4O2S/c1-4-18-8-7-16-14(18)10-17-12-6-5-11(2)13(9-12)21(19,20)15-3/h5-9,15,17H,4,10H2,1-3H3. The van der Waals surface area contributed by atoms with Gasteiger partial charge in [0.1, 0.15) is 5.82 Å². The van der Waals surface area contributed by atoms with Gasteiger partial charge in [-0.1, -0.05) is 6.07 Å². The molecule has 1 heterocycles. The lowest BCUT2D eigenvalue weighted by molar-refractivity contribution is 0.587. The molecule has 0 bridgehead atoms. The Hall–Kier alpha value is -1.86. The van der Waals surface area contributed by atoms with E-state index >= 15 is 0 Å². The lowest BCUT2D eigenvalue weighted by atomic mass is 10.2. The van der Waals surface area contributed by atoms with Gasteiger partial charge < -0.3 is 9.88 Å². The van der Waals surface area contributed by atoms with Gasteiger partial charge in [-0.15, -0.1) is 0 Å². The Morgan fingerprint density at radius 1 is 1.33 bits per heavy atom. The van der Waals surface area contributed by atoms with E-state index in [2.05, 4.69) is 21.9 Å². The smallest absolute Gasteiger partial charge is 0.240 e. The van der Waals surface area contributed by atoms with Crippen LogP contribution in [0, 0.1) is 6.92 Å². The maximum Gasteiger partial charge on any atom is 0.240 e. The van der Waals surface area contributed by atoms with E-state index in [1.54, 1.807) is 25.3 Å². The van der Waals surface area contributed by atoms with Crippen LogP contribution in [0.1, 0.15) is 18.3 Å². The molecule has 0 saturated carbocycles. The van der Waals surface area contributed by atoms with Gasteiger partial charge >= 0.3 is 0 Å². The summed E-state index contributed by atoms with van der Waals surface area (Å²) in [5.41, 5.74) is 1.46. The lowest BCUT2D eigenvalue weighted by Gasteiger charge is -2.11. The molecule has 0 amide bonds. The molecule has 0 atom stereocenters. The highest BCUT2D eigenvalue weighted by Gasteiger charge is 2.15. The van der Waals surface area contributed by atoms with Gasteiger partial charge in [-0.25, -0.2) is 18.1 Å². The van der Waals surface area contributed by atoms with Crippen molar-refractivity contribution >= 4 is 15.7 Å². The molecule has 2 N–H and O–H groups in total. The quantitative estimate of drug-likeness (QED) is 0.852. The Morgan fingerprint density at radius 2 is 2.10 bits per heavy atom. The molecule has 7 heteroatoms. The number of anilines is 1. The molecule has 0 fully saturated rings.